The SMILES string of the molecule is CC.CCCC.COc1cc(OC)c(Cl)c(-c2cc3cnc(N)cc3c(NC3COC3)n2)c1Cl. The minimum absolute atomic E-state index is 0.172. The van der Waals surface area contributed by atoms with Crippen LogP contribution in [0.25, 0.3) is 22.0 Å². The molecule has 0 atom stereocenters. The van der Waals surface area contributed by atoms with Crippen LogP contribution in [0.15, 0.2) is 24.4 Å². The molecule has 0 spiro atoms. The van der Waals surface area contributed by atoms with Gasteiger partial charge in [-0.2, -0.15) is 0 Å². The topological polar surface area (TPSA) is 91.5 Å². The number of fused-ring (bicyclic) bond motifs is 1. The number of aromatic nitrogens is 2. The Kier molecular flexibility index (Phi) is 11.0. The van der Waals surface area contributed by atoms with Gasteiger partial charge in [-0.25, -0.2) is 9.97 Å². The molecule has 3 N–H and O–H groups in total. The molecule has 7 nitrogen and oxygen atoms in total. The Labute approximate surface area is 211 Å². The van der Waals surface area contributed by atoms with E-state index >= 15 is 0 Å². The van der Waals surface area contributed by atoms with Crippen molar-refractivity contribution >= 4 is 45.6 Å². The molecule has 0 saturated carbocycles. The first-order valence-corrected chi connectivity index (χ1v) is 12.2. The third-order valence-corrected chi connectivity index (χ3v) is 5.79. The van der Waals surface area contributed by atoms with E-state index in [0.29, 0.717) is 57.7 Å². The van der Waals surface area contributed by atoms with Gasteiger partial charge in [-0.3, -0.25) is 0 Å². The predicted molar refractivity (Wildman–Crippen MR) is 143 cm³/mol. The molecule has 2 aromatic heterocycles. The number of pyridine rings is 2. The summed E-state index contributed by atoms with van der Waals surface area (Å²) >= 11 is 13.1. The van der Waals surface area contributed by atoms with E-state index in [1.165, 1.54) is 27.1 Å². The Hall–Kier alpha value is -2.48. The molecule has 34 heavy (non-hydrogen) atoms. The van der Waals surface area contributed by atoms with Crippen LogP contribution in [0, 0.1) is 0 Å². The van der Waals surface area contributed by atoms with Crippen LogP contribution in [0.4, 0.5) is 11.6 Å². The van der Waals surface area contributed by atoms with Gasteiger partial charge < -0.3 is 25.3 Å². The smallest absolute Gasteiger partial charge is 0.141 e. The number of hydrogen-bond donors (Lipinski definition) is 2. The number of anilines is 2. The van der Waals surface area contributed by atoms with Crippen LogP contribution in [0.1, 0.15) is 40.5 Å². The lowest BCUT2D eigenvalue weighted by Gasteiger charge is -2.28. The van der Waals surface area contributed by atoms with E-state index in [1.807, 2.05) is 19.9 Å². The van der Waals surface area contributed by atoms with Gasteiger partial charge in [-0.05, 0) is 12.1 Å². The van der Waals surface area contributed by atoms with Gasteiger partial charge in [0.2, 0.25) is 0 Å². The van der Waals surface area contributed by atoms with E-state index in [-0.39, 0.29) is 6.04 Å². The molecule has 0 bridgehead atoms. The third kappa shape index (κ3) is 6.34. The second kappa shape index (κ2) is 13.4. The van der Waals surface area contributed by atoms with Crippen molar-refractivity contribution in [2.75, 3.05) is 38.5 Å². The lowest BCUT2D eigenvalue weighted by molar-refractivity contribution is 0.0210. The average molecular weight is 509 g/mol. The fourth-order valence-electron chi connectivity index (χ4n) is 3.02. The van der Waals surface area contributed by atoms with Gasteiger partial charge in [0.25, 0.3) is 0 Å². The van der Waals surface area contributed by atoms with E-state index in [4.69, 9.17) is 48.1 Å². The number of unbranched alkanes of at least 4 members (excludes halogenated alkanes) is 1. The largest absolute Gasteiger partial charge is 0.495 e. The van der Waals surface area contributed by atoms with Crippen LogP contribution >= 0.6 is 23.2 Å². The summed E-state index contributed by atoms with van der Waals surface area (Å²) in [6.07, 6.45) is 4.33. The molecule has 1 saturated heterocycles. The number of hydrogen-bond acceptors (Lipinski definition) is 7. The summed E-state index contributed by atoms with van der Waals surface area (Å²) in [7, 11) is 3.06. The molecule has 3 heterocycles. The van der Waals surface area contributed by atoms with Gasteiger partial charge in [0.05, 0.1) is 49.2 Å². The Morgan fingerprint density at radius 2 is 1.62 bits per heavy atom. The van der Waals surface area contributed by atoms with E-state index in [1.54, 1.807) is 18.3 Å². The first-order valence-electron chi connectivity index (χ1n) is 11.4. The average Bonchev–Trinajstić information content (AvgIpc) is 2.83. The fraction of sp³-hybridized carbons (Fsp3) is 0.440. The van der Waals surface area contributed by atoms with Gasteiger partial charge in [0.15, 0.2) is 0 Å². The molecule has 0 radical (unpaired) electrons. The number of nitrogens with two attached hydrogens (primary N) is 1. The monoisotopic (exact) mass is 508 g/mol. The van der Waals surface area contributed by atoms with Gasteiger partial charge in [-0.1, -0.05) is 63.7 Å². The Morgan fingerprint density at radius 3 is 2.09 bits per heavy atom. The minimum Gasteiger partial charge on any atom is -0.495 e. The summed E-state index contributed by atoms with van der Waals surface area (Å²) in [5.41, 5.74) is 6.96. The Morgan fingerprint density at radius 1 is 1.03 bits per heavy atom. The number of ether oxygens (including phenoxy) is 3. The molecule has 1 aliphatic heterocycles. The predicted octanol–water partition coefficient (Wildman–Crippen LogP) is 6.85. The molecule has 9 heteroatoms. The molecule has 0 unspecified atom stereocenters. The van der Waals surface area contributed by atoms with Crippen molar-refractivity contribution in [3.05, 3.63) is 34.4 Å². The number of nitrogens with one attached hydrogen (secondary N) is 1. The first kappa shape index (κ1) is 27.8. The molecule has 1 fully saturated rings. The van der Waals surface area contributed by atoms with Crippen molar-refractivity contribution in [3.63, 3.8) is 0 Å². The van der Waals surface area contributed by atoms with Gasteiger partial charge in [0, 0.05) is 28.6 Å². The molecule has 1 aliphatic rings. The van der Waals surface area contributed by atoms with E-state index in [2.05, 4.69) is 24.1 Å². The van der Waals surface area contributed by atoms with Crippen molar-refractivity contribution < 1.29 is 14.2 Å². The summed E-state index contributed by atoms with van der Waals surface area (Å²) in [5, 5.41) is 5.78. The highest BCUT2D eigenvalue weighted by molar-refractivity contribution is 6.41. The van der Waals surface area contributed by atoms with Crippen LogP contribution in [0.2, 0.25) is 10.0 Å². The Balaban J connectivity index is 0.000000618. The van der Waals surface area contributed by atoms with Crippen LogP contribution in [0.5, 0.6) is 11.5 Å². The fourth-order valence-corrected chi connectivity index (χ4v) is 3.72. The summed E-state index contributed by atoms with van der Waals surface area (Å²) in [4.78, 5) is 8.97. The zero-order chi connectivity index (χ0) is 25.3. The second-order valence-electron chi connectivity index (χ2n) is 7.35. The van der Waals surface area contributed by atoms with E-state index < -0.39 is 0 Å². The summed E-state index contributed by atoms with van der Waals surface area (Å²) in [5.74, 6) is 1.95. The van der Waals surface area contributed by atoms with Crippen molar-refractivity contribution in [1.82, 2.24) is 9.97 Å². The van der Waals surface area contributed by atoms with Gasteiger partial charge in [0.1, 0.15) is 23.1 Å². The number of nitrogens with zero attached hydrogens (tertiary/aromatic N) is 2. The minimum atomic E-state index is 0.172. The summed E-state index contributed by atoms with van der Waals surface area (Å²) < 4.78 is 16.0. The maximum atomic E-state index is 6.57. The number of nitrogen functional groups attached to an aromatic ring is 1. The maximum Gasteiger partial charge on any atom is 0.141 e. The second-order valence-corrected chi connectivity index (χ2v) is 8.11. The molecular weight excluding hydrogens is 475 g/mol. The number of methoxy groups -OCH3 is 2. The normalized spacial score (nSPS) is 12.6. The van der Waals surface area contributed by atoms with Gasteiger partial charge >= 0.3 is 0 Å². The van der Waals surface area contributed by atoms with Crippen molar-refractivity contribution in [2.45, 2.75) is 46.6 Å². The van der Waals surface area contributed by atoms with Crippen LogP contribution < -0.4 is 20.5 Å². The molecule has 4 rings (SSSR count). The molecule has 3 aromatic rings. The van der Waals surface area contributed by atoms with Crippen molar-refractivity contribution in [2.24, 2.45) is 0 Å². The zero-order valence-corrected chi connectivity index (χ0v) is 22.2. The molecule has 186 valence electrons. The molecule has 0 amide bonds. The molecule has 1 aromatic carbocycles. The summed E-state index contributed by atoms with van der Waals surface area (Å²) in [6, 6.07) is 5.45. The highest BCUT2D eigenvalue weighted by Gasteiger charge is 2.23. The standard InChI is InChI=1S/C19H18Cl2N4O3.C4H10.C2H6/c1-26-13-5-14(27-2)18(21)16(17(13)20)12-3-9-6-23-15(22)4-11(9)19(25-12)24-10-7-28-8-10;1-3-4-2;1-2/h3-6,10H,7-8H2,1-2H3,(H2,22,23)(H,24,25);3-4H2,1-2H3;1-2H3. The van der Waals surface area contributed by atoms with Crippen LogP contribution in [0.3, 0.4) is 0 Å². The number of halogens is 2. The van der Waals surface area contributed by atoms with Crippen LogP contribution in [-0.4, -0.2) is 43.4 Å². The number of rotatable bonds is 6. The first-order chi connectivity index (χ1) is 16.4. The third-order valence-electron chi connectivity index (χ3n) is 5.04. The van der Waals surface area contributed by atoms with Gasteiger partial charge in [-0.15, -0.1) is 0 Å². The van der Waals surface area contributed by atoms with Crippen molar-refractivity contribution in [1.29, 1.82) is 0 Å². The molecular formula is C25H34Cl2N4O3. The highest BCUT2D eigenvalue weighted by atomic mass is 35.5. The van der Waals surface area contributed by atoms with E-state index in [0.717, 1.165) is 10.8 Å². The van der Waals surface area contributed by atoms with E-state index in [9.17, 15) is 0 Å². The molecule has 0 aliphatic carbocycles. The lowest BCUT2D eigenvalue weighted by Crippen LogP contribution is -2.40. The quantitative estimate of drug-likeness (QED) is 0.376. The maximum absolute atomic E-state index is 6.57. The van der Waals surface area contributed by atoms with Crippen LogP contribution in [-0.2, 0) is 4.74 Å². The Bertz CT molecular complexity index is 1060. The summed E-state index contributed by atoms with van der Waals surface area (Å²) in [6.45, 7) is 9.59. The lowest BCUT2D eigenvalue weighted by atomic mass is 10.1. The highest BCUT2D eigenvalue weighted by Crippen LogP contribution is 2.46. The van der Waals surface area contributed by atoms with Crippen molar-refractivity contribution in [3.8, 4) is 22.8 Å². The zero-order valence-electron chi connectivity index (χ0n) is 20.7. The number of benzene rings is 1.